The third-order valence-corrected chi connectivity index (χ3v) is 4.88. The van der Waals surface area contributed by atoms with E-state index in [9.17, 15) is 22.8 Å². The van der Waals surface area contributed by atoms with E-state index in [4.69, 9.17) is 0 Å². The van der Waals surface area contributed by atoms with Crippen LogP contribution in [0.15, 0.2) is 24.3 Å². The van der Waals surface area contributed by atoms with Crippen LogP contribution in [-0.4, -0.2) is 28.6 Å². The third kappa shape index (κ3) is 3.85. The Balaban J connectivity index is 1.64. The Bertz CT molecular complexity index is 837. The number of amides is 2. The SMILES string of the molecule is Cc1nnc(N2CC(C(=O)NCc3ccccc3C(F)(F)F)CC2=O)s1. The van der Waals surface area contributed by atoms with Gasteiger partial charge < -0.3 is 5.32 Å². The molecule has 3 rings (SSSR count). The number of hydrogen-bond donors (Lipinski definition) is 1. The van der Waals surface area contributed by atoms with Gasteiger partial charge in [-0.3, -0.25) is 14.5 Å². The standard InChI is InChI=1S/C16H15F3N4O2S/c1-9-21-22-15(26-9)23-8-11(6-13(23)24)14(25)20-7-10-4-2-3-5-12(10)16(17,18)19/h2-5,11H,6-8H2,1H3,(H,20,25). The lowest BCUT2D eigenvalue weighted by atomic mass is 10.1. The average molecular weight is 384 g/mol. The van der Waals surface area contributed by atoms with Crippen molar-refractivity contribution in [1.29, 1.82) is 0 Å². The number of carbonyl (C=O) groups is 2. The molecule has 26 heavy (non-hydrogen) atoms. The van der Waals surface area contributed by atoms with Crippen molar-refractivity contribution in [2.24, 2.45) is 5.92 Å². The summed E-state index contributed by atoms with van der Waals surface area (Å²) >= 11 is 1.24. The first-order chi connectivity index (χ1) is 12.3. The molecule has 1 aliphatic heterocycles. The third-order valence-electron chi connectivity index (χ3n) is 4.02. The predicted molar refractivity (Wildman–Crippen MR) is 88.4 cm³/mol. The normalized spacial score (nSPS) is 17.6. The van der Waals surface area contributed by atoms with Gasteiger partial charge in [-0.15, -0.1) is 10.2 Å². The summed E-state index contributed by atoms with van der Waals surface area (Å²) in [5.41, 5.74) is -0.803. The van der Waals surface area contributed by atoms with Crippen LogP contribution in [-0.2, 0) is 22.3 Å². The average Bonchev–Trinajstić information content (AvgIpc) is 3.17. The van der Waals surface area contributed by atoms with Crippen LogP contribution in [0.25, 0.3) is 0 Å². The molecule has 2 heterocycles. The summed E-state index contributed by atoms with van der Waals surface area (Å²) in [6, 6.07) is 5.07. The van der Waals surface area contributed by atoms with Gasteiger partial charge in [0, 0.05) is 19.5 Å². The number of nitrogens with zero attached hydrogens (tertiary/aromatic N) is 3. The molecule has 0 aliphatic carbocycles. The minimum atomic E-state index is -4.49. The van der Waals surface area contributed by atoms with Crippen LogP contribution in [0, 0.1) is 12.8 Å². The summed E-state index contributed by atoms with van der Waals surface area (Å²) in [4.78, 5) is 25.8. The summed E-state index contributed by atoms with van der Waals surface area (Å²) in [5.74, 6) is -1.35. The van der Waals surface area contributed by atoms with Gasteiger partial charge in [0.1, 0.15) is 5.01 Å². The monoisotopic (exact) mass is 384 g/mol. The zero-order chi connectivity index (χ0) is 18.9. The summed E-state index contributed by atoms with van der Waals surface area (Å²) in [6.07, 6.45) is -4.50. The molecule has 2 aromatic rings. The van der Waals surface area contributed by atoms with Gasteiger partial charge in [0.25, 0.3) is 0 Å². The van der Waals surface area contributed by atoms with Crippen LogP contribution in [0.1, 0.15) is 22.6 Å². The van der Waals surface area contributed by atoms with Gasteiger partial charge in [-0.25, -0.2) is 0 Å². The highest BCUT2D eigenvalue weighted by Crippen LogP contribution is 2.32. The van der Waals surface area contributed by atoms with Crippen molar-refractivity contribution in [1.82, 2.24) is 15.5 Å². The van der Waals surface area contributed by atoms with Gasteiger partial charge in [0.2, 0.25) is 16.9 Å². The Kier molecular flexibility index (Phi) is 4.94. The summed E-state index contributed by atoms with van der Waals surface area (Å²) in [6.45, 7) is 1.64. The highest BCUT2D eigenvalue weighted by molar-refractivity contribution is 7.15. The van der Waals surface area contributed by atoms with Crippen LogP contribution >= 0.6 is 11.3 Å². The molecule has 0 radical (unpaired) electrons. The Hall–Kier alpha value is -2.49. The largest absolute Gasteiger partial charge is 0.416 e. The smallest absolute Gasteiger partial charge is 0.352 e. The van der Waals surface area contributed by atoms with Crippen LogP contribution in [0.5, 0.6) is 0 Å². The Morgan fingerprint density at radius 1 is 1.35 bits per heavy atom. The van der Waals surface area contributed by atoms with Gasteiger partial charge in [0.05, 0.1) is 11.5 Å². The summed E-state index contributed by atoms with van der Waals surface area (Å²) in [7, 11) is 0. The van der Waals surface area contributed by atoms with E-state index in [2.05, 4.69) is 15.5 Å². The van der Waals surface area contributed by atoms with Crippen molar-refractivity contribution >= 4 is 28.3 Å². The van der Waals surface area contributed by atoms with E-state index in [-0.39, 0.29) is 31.0 Å². The molecule has 1 aliphatic rings. The highest BCUT2D eigenvalue weighted by atomic mass is 32.1. The molecule has 138 valence electrons. The molecular weight excluding hydrogens is 369 g/mol. The van der Waals surface area contributed by atoms with E-state index in [1.807, 2.05) is 0 Å². The van der Waals surface area contributed by atoms with E-state index in [1.54, 1.807) is 6.92 Å². The molecule has 1 unspecified atom stereocenters. The number of halogens is 3. The molecule has 1 atom stereocenters. The van der Waals surface area contributed by atoms with E-state index in [1.165, 1.54) is 34.4 Å². The highest BCUT2D eigenvalue weighted by Gasteiger charge is 2.37. The van der Waals surface area contributed by atoms with Gasteiger partial charge in [-0.2, -0.15) is 13.2 Å². The number of rotatable bonds is 4. The lowest BCUT2D eigenvalue weighted by Gasteiger charge is -2.15. The van der Waals surface area contributed by atoms with Crippen LogP contribution in [0.4, 0.5) is 18.3 Å². The first-order valence-corrected chi connectivity index (χ1v) is 8.60. The lowest BCUT2D eigenvalue weighted by molar-refractivity contribution is -0.138. The fraction of sp³-hybridized carbons (Fsp3) is 0.375. The summed E-state index contributed by atoms with van der Waals surface area (Å²) in [5, 5.41) is 11.4. The van der Waals surface area contributed by atoms with Gasteiger partial charge in [-0.05, 0) is 18.6 Å². The lowest BCUT2D eigenvalue weighted by Crippen LogP contribution is -2.33. The quantitative estimate of drug-likeness (QED) is 0.879. The molecule has 10 heteroatoms. The Labute approximate surface area is 151 Å². The van der Waals surface area contributed by atoms with Crippen molar-refractivity contribution in [2.45, 2.75) is 26.1 Å². The molecule has 0 spiro atoms. The molecule has 1 fully saturated rings. The van der Waals surface area contributed by atoms with Gasteiger partial charge >= 0.3 is 6.18 Å². The second kappa shape index (κ2) is 7.02. The molecule has 1 saturated heterocycles. The van der Waals surface area contributed by atoms with Crippen LogP contribution in [0.2, 0.25) is 0 Å². The topological polar surface area (TPSA) is 75.2 Å². The molecule has 2 amide bonds. The van der Waals surface area contributed by atoms with Crippen molar-refractivity contribution < 1.29 is 22.8 Å². The van der Waals surface area contributed by atoms with Crippen molar-refractivity contribution in [2.75, 3.05) is 11.4 Å². The zero-order valence-corrected chi connectivity index (χ0v) is 14.5. The van der Waals surface area contributed by atoms with E-state index >= 15 is 0 Å². The molecule has 0 bridgehead atoms. The molecular formula is C16H15F3N4O2S. The molecule has 1 aromatic carbocycles. The number of carbonyl (C=O) groups excluding carboxylic acids is 2. The molecule has 6 nitrogen and oxygen atoms in total. The number of aromatic nitrogens is 2. The number of benzene rings is 1. The number of alkyl halides is 3. The minimum absolute atomic E-state index is 0.00855. The number of anilines is 1. The van der Waals surface area contributed by atoms with Crippen LogP contribution < -0.4 is 10.2 Å². The molecule has 0 saturated carbocycles. The maximum atomic E-state index is 13.0. The van der Waals surface area contributed by atoms with Crippen LogP contribution in [0.3, 0.4) is 0 Å². The predicted octanol–water partition coefficient (Wildman–Crippen LogP) is 2.53. The summed E-state index contributed by atoms with van der Waals surface area (Å²) < 4.78 is 39.0. The molecule has 1 N–H and O–H groups in total. The Morgan fingerprint density at radius 3 is 2.73 bits per heavy atom. The number of hydrogen-bond acceptors (Lipinski definition) is 5. The first kappa shape index (κ1) is 18.3. The first-order valence-electron chi connectivity index (χ1n) is 7.79. The van der Waals surface area contributed by atoms with Gasteiger partial charge in [0.15, 0.2) is 0 Å². The van der Waals surface area contributed by atoms with E-state index < -0.39 is 23.6 Å². The minimum Gasteiger partial charge on any atom is -0.352 e. The van der Waals surface area contributed by atoms with Gasteiger partial charge in [-0.1, -0.05) is 29.5 Å². The maximum Gasteiger partial charge on any atom is 0.416 e. The fourth-order valence-corrected chi connectivity index (χ4v) is 3.46. The Morgan fingerprint density at radius 2 is 2.08 bits per heavy atom. The van der Waals surface area contributed by atoms with E-state index in [0.29, 0.717) is 10.1 Å². The molecule has 1 aromatic heterocycles. The second-order valence-electron chi connectivity index (χ2n) is 5.88. The van der Waals surface area contributed by atoms with Crippen molar-refractivity contribution in [3.05, 3.63) is 40.4 Å². The van der Waals surface area contributed by atoms with Crippen molar-refractivity contribution in [3.8, 4) is 0 Å². The second-order valence-corrected chi connectivity index (χ2v) is 7.04. The van der Waals surface area contributed by atoms with E-state index in [0.717, 1.165) is 6.07 Å². The number of nitrogens with one attached hydrogen (secondary N) is 1. The maximum absolute atomic E-state index is 13.0. The fourth-order valence-electron chi connectivity index (χ4n) is 2.74. The zero-order valence-electron chi connectivity index (χ0n) is 13.7. The number of aryl methyl sites for hydroxylation is 1. The van der Waals surface area contributed by atoms with Crippen molar-refractivity contribution in [3.63, 3.8) is 0 Å².